The summed E-state index contributed by atoms with van der Waals surface area (Å²) in [6.07, 6.45) is -0.175. The first kappa shape index (κ1) is 20.3. The van der Waals surface area contributed by atoms with Gasteiger partial charge in [-0.05, 0) is 23.8 Å². The fraction of sp³-hybridized carbons (Fsp3) is 0.235. The highest BCUT2D eigenvalue weighted by molar-refractivity contribution is 6.39. The number of aliphatic hydroxyl groups excluding tert-OH is 1. The smallest absolute Gasteiger partial charge is 0.178 e. The van der Waals surface area contributed by atoms with Gasteiger partial charge in [-0.3, -0.25) is 0 Å². The predicted molar refractivity (Wildman–Crippen MR) is 94.8 cm³/mol. The van der Waals surface area contributed by atoms with E-state index < -0.39 is 5.97 Å². The van der Waals surface area contributed by atoms with E-state index in [4.69, 9.17) is 28.3 Å². The number of hydrogen-bond donors (Lipinski definition) is 3. The first-order valence-corrected chi connectivity index (χ1v) is 7.99. The lowest BCUT2D eigenvalue weighted by atomic mass is 10.1. The highest BCUT2D eigenvalue weighted by atomic mass is 35.5. The quantitative estimate of drug-likeness (QED) is 0.689. The number of aliphatic carboxylic acids is 1. The Morgan fingerprint density at radius 2 is 1.67 bits per heavy atom. The van der Waals surface area contributed by atoms with Crippen LogP contribution in [0.15, 0.2) is 42.5 Å². The number of anilines is 2. The molecule has 0 spiro atoms. The van der Waals surface area contributed by atoms with Crippen molar-refractivity contribution in [1.82, 2.24) is 0 Å². The van der Waals surface area contributed by atoms with Gasteiger partial charge in [-0.2, -0.15) is 0 Å². The summed E-state index contributed by atoms with van der Waals surface area (Å²) in [5, 5.41) is 22.8. The Balaban J connectivity index is 0.000000505. The average molecular weight is 371 g/mol. The standard InChI is InChI=1S/C14H11Cl2NO2.C3H9NO/c15-10-5-3-6-11(16)14(10)17-12-7-2-1-4-9(12)8-13(18)19;1-4(2)3-5/h1-7,17H,8H2,(H,18,19);5H,3H2,1-2H3. The van der Waals surface area contributed by atoms with Crippen molar-refractivity contribution in [3.63, 3.8) is 0 Å². The number of carbonyl (C=O) groups excluding carboxylic acids is 1. The molecular weight excluding hydrogens is 351 g/mol. The van der Waals surface area contributed by atoms with E-state index in [0.29, 0.717) is 27.0 Å². The monoisotopic (exact) mass is 370 g/mol. The lowest BCUT2D eigenvalue weighted by molar-refractivity contribution is -0.879. The van der Waals surface area contributed by atoms with Crippen molar-refractivity contribution in [3.05, 3.63) is 58.1 Å². The molecule has 0 aliphatic rings. The molecule has 130 valence electrons. The summed E-state index contributed by atoms with van der Waals surface area (Å²) in [6, 6.07) is 12.2. The number of para-hydroxylation sites is 2. The molecule has 0 heterocycles. The van der Waals surface area contributed by atoms with Crippen LogP contribution >= 0.6 is 23.2 Å². The molecule has 7 heteroatoms. The third-order valence-electron chi connectivity index (χ3n) is 2.89. The van der Waals surface area contributed by atoms with Crippen LogP contribution in [-0.4, -0.2) is 31.9 Å². The summed E-state index contributed by atoms with van der Waals surface area (Å²) in [6.45, 7) is 0.222. The van der Waals surface area contributed by atoms with Gasteiger partial charge in [0.1, 0.15) is 0 Å². The number of carboxylic acid groups (broad SMARTS) is 1. The average Bonchev–Trinajstić information content (AvgIpc) is 2.52. The SMILES string of the molecule is C[NH+](C)CO.O=C([O-])Cc1ccccc1Nc1c(Cl)cccc1Cl. The lowest BCUT2D eigenvalue weighted by Crippen LogP contribution is -3.05. The van der Waals surface area contributed by atoms with Gasteiger partial charge in [0.05, 0.1) is 29.8 Å². The van der Waals surface area contributed by atoms with E-state index in [-0.39, 0.29) is 13.2 Å². The van der Waals surface area contributed by atoms with Gasteiger partial charge in [0, 0.05) is 18.1 Å². The fourth-order valence-corrected chi connectivity index (χ4v) is 2.20. The second-order valence-electron chi connectivity index (χ2n) is 5.29. The third-order valence-corrected chi connectivity index (χ3v) is 3.52. The van der Waals surface area contributed by atoms with Crippen LogP contribution in [0.4, 0.5) is 11.4 Å². The molecule has 0 saturated carbocycles. The van der Waals surface area contributed by atoms with Crippen LogP contribution in [0.25, 0.3) is 0 Å². The van der Waals surface area contributed by atoms with Gasteiger partial charge in [-0.25, -0.2) is 0 Å². The molecule has 0 aliphatic heterocycles. The van der Waals surface area contributed by atoms with Gasteiger partial charge < -0.3 is 25.2 Å². The molecule has 0 unspecified atom stereocenters. The van der Waals surface area contributed by atoms with Crippen LogP contribution in [0.3, 0.4) is 0 Å². The summed E-state index contributed by atoms with van der Waals surface area (Å²) in [5.41, 5.74) is 1.80. The van der Waals surface area contributed by atoms with Crippen LogP contribution in [0, 0.1) is 0 Å². The van der Waals surface area contributed by atoms with E-state index in [1.807, 2.05) is 14.1 Å². The number of hydrogen-bond acceptors (Lipinski definition) is 4. The zero-order chi connectivity index (χ0) is 18.1. The Kier molecular flexibility index (Phi) is 8.57. The van der Waals surface area contributed by atoms with Gasteiger partial charge in [0.2, 0.25) is 0 Å². The molecule has 3 N–H and O–H groups in total. The molecule has 2 aromatic rings. The number of nitrogens with one attached hydrogen (secondary N) is 2. The largest absolute Gasteiger partial charge is 0.550 e. The molecule has 2 aromatic carbocycles. The van der Waals surface area contributed by atoms with Gasteiger partial charge in [0.25, 0.3) is 0 Å². The topological polar surface area (TPSA) is 76.8 Å². The van der Waals surface area contributed by atoms with Crippen LogP contribution in [0.5, 0.6) is 0 Å². The molecule has 0 radical (unpaired) electrons. The van der Waals surface area contributed by atoms with Crippen LogP contribution < -0.4 is 15.3 Å². The maximum Gasteiger partial charge on any atom is 0.178 e. The number of benzene rings is 2. The minimum atomic E-state index is -1.14. The minimum absolute atomic E-state index is 0.175. The number of halogens is 2. The summed E-state index contributed by atoms with van der Waals surface area (Å²) < 4.78 is 0. The third kappa shape index (κ3) is 6.76. The number of rotatable bonds is 5. The van der Waals surface area contributed by atoms with E-state index in [1.165, 1.54) is 0 Å². The minimum Gasteiger partial charge on any atom is -0.550 e. The van der Waals surface area contributed by atoms with Crippen LogP contribution in [0.2, 0.25) is 10.0 Å². The van der Waals surface area contributed by atoms with Crippen molar-refractivity contribution in [2.75, 3.05) is 26.1 Å². The van der Waals surface area contributed by atoms with E-state index in [0.717, 1.165) is 4.90 Å². The van der Waals surface area contributed by atoms with Gasteiger partial charge >= 0.3 is 0 Å². The van der Waals surface area contributed by atoms with E-state index in [1.54, 1.807) is 42.5 Å². The molecule has 0 bridgehead atoms. The molecule has 0 fully saturated rings. The van der Waals surface area contributed by atoms with Gasteiger partial charge in [-0.1, -0.05) is 47.5 Å². The first-order chi connectivity index (χ1) is 11.3. The fourth-order valence-electron chi connectivity index (χ4n) is 1.70. The van der Waals surface area contributed by atoms with Crippen molar-refractivity contribution in [3.8, 4) is 0 Å². The predicted octanol–water partition coefficient (Wildman–Crippen LogP) is 1.11. The second kappa shape index (κ2) is 10.2. The molecule has 0 aromatic heterocycles. The van der Waals surface area contributed by atoms with Crippen molar-refractivity contribution < 1.29 is 19.9 Å². The molecule has 0 saturated heterocycles. The summed E-state index contributed by atoms with van der Waals surface area (Å²) in [5.74, 6) is -1.14. The van der Waals surface area contributed by atoms with Gasteiger partial charge in [-0.15, -0.1) is 0 Å². The number of carbonyl (C=O) groups is 1. The molecule has 5 nitrogen and oxygen atoms in total. The van der Waals surface area contributed by atoms with Crippen molar-refractivity contribution in [1.29, 1.82) is 0 Å². The highest BCUT2D eigenvalue weighted by Gasteiger charge is 2.08. The van der Waals surface area contributed by atoms with E-state index in [9.17, 15) is 9.90 Å². The summed E-state index contributed by atoms with van der Waals surface area (Å²) in [7, 11) is 3.78. The second-order valence-corrected chi connectivity index (χ2v) is 6.11. The van der Waals surface area contributed by atoms with Crippen molar-refractivity contribution in [2.24, 2.45) is 0 Å². The van der Waals surface area contributed by atoms with Gasteiger partial charge in [0.15, 0.2) is 6.73 Å². The van der Waals surface area contributed by atoms with E-state index in [2.05, 4.69) is 5.32 Å². The lowest BCUT2D eigenvalue weighted by Gasteiger charge is -2.14. The summed E-state index contributed by atoms with van der Waals surface area (Å²) in [4.78, 5) is 11.8. The Bertz CT molecular complexity index is 658. The molecule has 0 aliphatic carbocycles. The zero-order valence-corrected chi connectivity index (χ0v) is 15.0. The Labute approximate surface area is 151 Å². The maximum atomic E-state index is 10.7. The zero-order valence-electron chi connectivity index (χ0n) is 13.5. The molecule has 24 heavy (non-hydrogen) atoms. The number of quaternary nitrogens is 1. The summed E-state index contributed by atoms with van der Waals surface area (Å²) >= 11 is 12.1. The first-order valence-electron chi connectivity index (χ1n) is 7.23. The van der Waals surface area contributed by atoms with Crippen LogP contribution in [-0.2, 0) is 11.2 Å². The Morgan fingerprint density at radius 3 is 2.17 bits per heavy atom. The molecule has 0 amide bonds. The molecule has 2 rings (SSSR count). The molecular formula is C17H20Cl2N2O3. The Morgan fingerprint density at radius 1 is 1.12 bits per heavy atom. The number of aliphatic hydroxyl groups is 1. The van der Waals surface area contributed by atoms with Crippen LogP contribution in [0.1, 0.15) is 5.56 Å². The normalized spacial score (nSPS) is 10.1. The highest BCUT2D eigenvalue weighted by Crippen LogP contribution is 2.33. The molecule has 0 atom stereocenters. The number of carboxylic acids is 1. The van der Waals surface area contributed by atoms with E-state index >= 15 is 0 Å². The Hall–Kier alpha value is -1.79. The van der Waals surface area contributed by atoms with Crippen molar-refractivity contribution >= 4 is 40.5 Å². The van der Waals surface area contributed by atoms with Crippen molar-refractivity contribution in [2.45, 2.75) is 6.42 Å². The maximum absolute atomic E-state index is 10.7.